The Labute approximate surface area is 135 Å². The van der Waals surface area contributed by atoms with Gasteiger partial charge < -0.3 is 22.8 Å². The van der Waals surface area contributed by atoms with Crippen molar-refractivity contribution in [3.63, 3.8) is 0 Å². The topological polar surface area (TPSA) is 53.9 Å². The summed E-state index contributed by atoms with van der Waals surface area (Å²) in [5.74, 6) is 0.178. The molecule has 2 unspecified atom stereocenters. The molecule has 0 fully saturated rings. The molecule has 0 saturated heterocycles. The molecule has 0 spiro atoms. The van der Waals surface area contributed by atoms with Gasteiger partial charge in [-0.1, -0.05) is 36.4 Å². The number of carbonyl (C=O) groups excluding carboxylic acids is 1. The Balaban J connectivity index is 0.00000220. The van der Waals surface area contributed by atoms with Crippen LogP contribution in [0.5, 0.6) is 0 Å². The predicted octanol–water partition coefficient (Wildman–Crippen LogP) is -0.990. The first kappa shape index (κ1) is 17.9. The summed E-state index contributed by atoms with van der Waals surface area (Å²) in [7, 11) is 0. The Morgan fingerprint density at radius 2 is 1.95 bits per heavy atom. The Kier molecular flexibility index (Phi) is 7.61. The van der Waals surface area contributed by atoms with Gasteiger partial charge in [-0.15, -0.1) is 11.3 Å². The van der Waals surface area contributed by atoms with Crippen LogP contribution in [0.15, 0.2) is 47.8 Å². The van der Waals surface area contributed by atoms with Gasteiger partial charge in [-0.05, 0) is 23.9 Å². The normalized spacial score (nSPS) is 13.2. The van der Waals surface area contributed by atoms with Crippen molar-refractivity contribution in [1.82, 2.24) is 0 Å². The van der Waals surface area contributed by atoms with Gasteiger partial charge in [-0.2, -0.15) is 0 Å². The van der Waals surface area contributed by atoms with Crippen LogP contribution >= 0.6 is 11.3 Å². The SMILES string of the molecule is CC([NH2+]CCC(=O)c1cccs1)C(O)c1ccccc1.[Cl-]. The number of aliphatic hydroxyl groups is 1. The molecule has 3 nitrogen and oxygen atoms in total. The summed E-state index contributed by atoms with van der Waals surface area (Å²) in [6.45, 7) is 2.68. The number of benzene rings is 1. The molecule has 2 aromatic rings. The van der Waals surface area contributed by atoms with Gasteiger partial charge in [-0.3, -0.25) is 4.79 Å². The zero-order valence-electron chi connectivity index (χ0n) is 11.9. The van der Waals surface area contributed by atoms with Crippen molar-refractivity contribution in [2.75, 3.05) is 6.54 Å². The van der Waals surface area contributed by atoms with Crippen molar-refractivity contribution in [1.29, 1.82) is 0 Å². The van der Waals surface area contributed by atoms with Crippen molar-refractivity contribution < 1.29 is 27.6 Å². The Bertz CT molecular complexity index is 530. The summed E-state index contributed by atoms with van der Waals surface area (Å²) in [5.41, 5.74) is 0.917. The molecule has 0 amide bonds. The van der Waals surface area contributed by atoms with Crippen LogP contribution < -0.4 is 17.7 Å². The van der Waals surface area contributed by atoms with Crippen LogP contribution in [0, 0.1) is 0 Å². The zero-order valence-corrected chi connectivity index (χ0v) is 13.5. The Morgan fingerprint density at radius 3 is 2.57 bits per heavy atom. The summed E-state index contributed by atoms with van der Waals surface area (Å²) in [4.78, 5) is 12.7. The number of rotatable bonds is 7. The Morgan fingerprint density at radius 1 is 1.24 bits per heavy atom. The number of thiophene rings is 1. The smallest absolute Gasteiger partial charge is 0.178 e. The van der Waals surface area contributed by atoms with E-state index in [0.29, 0.717) is 13.0 Å². The van der Waals surface area contributed by atoms with E-state index >= 15 is 0 Å². The molecule has 0 saturated carbocycles. The van der Waals surface area contributed by atoms with Crippen molar-refractivity contribution >= 4 is 17.1 Å². The number of hydrogen-bond donors (Lipinski definition) is 2. The van der Waals surface area contributed by atoms with E-state index in [0.717, 1.165) is 10.4 Å². The van der Waals surface area contributed by atoms with Crippen LogP contribution in [0.4, 0.5) is 0 Å². The molecule has 0 aliphatic rings. The maximum Gasteiger partial charge on any atom is 0.178 e. The van der Waals surface area contributed by atoms with Crippen LogP contribution in [-0.2, 0) is 0 Å². The van der Waals surface area contributed by atoms with E-state index < -0.39 is 6.10 Å². The lowest BCUT2D eigenvalue weighted by Crippen LogP contribution is -3.00. The quantitative estimate of drug-likeness (QED) is 0.642. The third-order valence-electron chi connectivity index (χ3n) is 3.34. The van der Waals surface area contributed by atoms with Crippen LogP contribution in [0.2, 0.25) is 0 Å². The van der Waals surface area contributed by atoms with E-state index in [1.165, 1.54) is 11.3 Å². The average Bonchev–Trinajstić information content (AvgIpc) is 3.01. The van der Waals surface area contributed by atoms with Crippen molar-refractivity contribution in [3.05, 3.63) is 58.3 Å². The van der Waals surface area contributed by atoms with Gasteiger partial charge in [-0.25, -0.2) is 0 Å². The highest BCUT2D eigenvalue weighted by Crippen LogP contribution is 2.14. The van der Waals surface area contributed by atoms with Crippen molar-refractivity contribution in [3.8, 4) is 0 Å². The summed E-state index contributed by atoms with van der Waals surface area (Å²) >= 11 is 1.48. The molecule has 2 rings (SSSR count). The van der Waals surface area contributed by atoms with E-state index in [-0.39, 0.29) is 24.2 Å². The van der Waals surface area contributed by atoms with Gasteiger partial charge in [0, 0.05) is 0 Å². The number of halogens is 1. The van der Waals surface area contributed by atoms with Gasteiger partial charge in [0.2, 0.25) is 0 Å². The number of aliphatic hydroxyl groups excluding tert-OH is 1. The molecule has 1 aromatic heterocycles. The number of nitrogens with two attached hydrogens (primary N) is 1. The van der Waals surface area contributed by atoms with E-state index in [9.17, 15) is 9.90 Å². The molecule has 0 bridgehead atoms. The van der Waals surface area contributed by atoms with E-state index in [2.05, 4.69) is 0 Å². The molecule has 1 aromatic carbocycles. The second-order valence-corrected chi connectivity index (χ2v) is 5.84. The molecule has 0 radical (unpaired) electrons. The van der Waals surface area contributed by atoms with E-state index in [1.807, 2.05) is 60.1 Å². The second-order valence-electron chi connectivity index (χ2n) is 4.89. The number of quaternary nitrogens is 1. The zero-order chi connectivity index (χ0) is 14.4. The predicted molar refractivity (Wildman–Crippen MR) is 80.9 cm³/mol. The maximum atomic E-state index is 11.9. The van der Waals surface area contributed by atoms with Gasteiger partial charge in [0.25, 0.3) is 0 Å². The summed E-state index contributed by atoms with van der Waals surface area (Å²) in [6.07, 6.45) is -0.000132. The fourth-order valence-electron chi connectivity index (χ4n) is 2.12. The van der Waals surface area contributed by atoms with Crippen LogP contribution in [-0.4, -0.2) is 23.5 Å². The van der Waals surface area contributed by atoms with Gasteiger partial charge >= 0.3 is 0 Å². The summed E-state index contributed by atoms with van der Waals surface area (Å²) < 4.78 is 0. The number of hydrogen-bond acceptors (Lipinski definition) is 3. The minimum absolute atomic E-state index is 0. The molecule has 0 aliphatic heterocycles. The molecular weight excluding hydrogens is 306 g/mol. The highest BCUT2D eigenvalue weighted by molar-refractivity contribution is 7.12. The third-order valence-corrected chi connectivity index (χ3v) is 4.26. The van der Waals surface area contributed by atoms with E-state index in [1.54, 1.807) is 0 Å². The molecule has 2 atom stereocenters. The van der Waals surface area contributed by atoms with Gasteiger partial charge in [0.1, 0.15) is 12.1 Å². The first-order valence-corrected chi connectivity index (χ1v) is 7.69. The summed E-state index contributed by atoms with van der Waals surface area (Å²) in [6, 6.07) is 13.4. The minimum Gasteiger partial charge on any atom is -1.00 e. The fraction of sp³-hybridized carbons (Fsp3) is 0.312. The van der Waals surface area contributed by atoms with Crippen LogP contribution in [0.3, 0.4) is 0 Å². The van der Waals surface area contributed by atoms with Gasteiger partial charge in [0.05, 0.1) is 17.8 Å². The van der Waals surface area contributed by atoms with Crippen molar-refractivity contribution in [2.45, 2.75) is 25.5 Å². The first-order valence-electron chi connectivity index (χ1n) is 6.81. The monoisotopic (exact) mass is 325 g/mol. The standard InChI is InChI=1S/C16H19NO2S.ClH/c1-12(16(19)13-6-3-2-4-7-13)17-10-9-14(18)15-8-5-11-20-15;/h2-8,11-12,16-17,19H,9-10H2,1H3;1H. The molecule has 21 heavy (non-hydrogen) atoms. The first-order chi connectivity index (χ1) is 9.68. The third kappa shape index (κ3) is 5.25. The molecule has 0 aliphatic carbocycles. The molecule has 3 N–H and O–H groups in total. The maximum absolute atomic E-state index is 11.9. The lowest BCUT2D eigenvalue weighted by molar-refractivity contribution is -0.693. The average molecular weight is 326 g/mol. The molecule has 5 heteroatoms. The number of carbonyl (C=O) groups is 1. The molecule has 1 heterocycles. The highest BCUT2D eigenvalue weighted by Gasteiger charge is 2.19. The fourth-order valence-corrected chi connectivity index (χ4v) is 2.81. The lowest BCUT2D eigenvalue weighted by Gasteiger charge is -2.17. The van der Waals surface area contributed by atoms with E-state index in [4.69, 9.17) is 0 Å². The van der Waals surface area contributed by atoms with Crippen molar-refractivity contribution in [2.24, 2.45) is 0 Å². The van der Waals surface area contributed by atoms with Crippen LogP contribution in [0.25, 0.3) is 0 Å². The lowest BCUT2D eigenvalue weighted by atomic mass is 10.0. The Hall–Kier alpha value is -1.20. The second kappa shape index (κ2) is 8.95. The molecule has 114 valence electrons. The van der Waals surface area contributed by atoms with Gasteiger partial charge in [0.15, 0.2) is 5.78 Å². The minimum atomic E-state index is -0.506. The highest BCUT2D eigenvalue weighted by atomic mass is 35.5. The number of ketones is 1. The molecular formula is C16H20ClNO2S. The largest absolute Gasteiger partial charge is 1.00 e. The summed E-state index contributed by atoms with van der Waals surface area (Å²) in [5, 5.41) is 14.2. The number of Topliss-reactive ketones (excluding diaryl/α,β-unsaturated/α-hetero) is 1. The van der Waals surface area contributed by atoms with Crippen LogP contribution in [0.1, 0.15) is 34.7 Å².